The van der Waals surface area contributed by atoms with Crippen molar-refractivity contribution in [3.63, 3.8) is 0 Å². The average molecular weight is 334 g/mol. The molecule has 0 spiro atoms. The minimum atomic E-state index is -0.755. The maximum Gasteiger partial charge on any atom is 0.315 e. The van der Waals surface area contributed by atoms with E-state index in [9.17, 15) is 9.90 Å². The summed E-state index contributed by atoms with van der Waals surface area (Å²) in [6.07, 6.45) is -0.644. The van der Waals surface area contributed by atoms with Gasteiger partial charge in [0.25, 0.3) is 0 Å². The Hall–Kier alpha value is -2.05. The molecular formula is C17H22N2O3S. The van der Waals surface area contributed by atoms with Gasteiger partial charge in [-0.25, -0.2) is 4.79 Å². The highest BCUT2D eigenvalue weighted by Gasteiger charge is 2.10. The van der Waals surface area contributed by atoms with Crippen molar-refractivity contribution in [2.75, 3.05) is 6.54 Å². The van der Waals surface area contributed by atoms with E-state index in [-0.39, 0.29) is 18.7 Å². The molecule has 1 aromatic heterocycles. The zero-order valence-electron chi connectivity index (χ0n) is 13.3. The van der Waals surface area contributed by atoms with E-state index in [2.05, 4.69) is 10.6 Å². The van der Waals surface area contributed by atoms with Crippen LogP contribution in [0.5, 0.6) is 5.75 Å². The first kappa shape index (κ1) is 17.3. The number of benzene rings is 1. The number of urea groups is 1. The number of hydrogen-bond acceptors (Lipinski definition) is 4. The molecule has 23 heavy (non-hydrogen) atoms. The lowest BCUT2D eigenvalue weighted by atomic mass is 10.1. The van der Waals surface area contributed by atoms with Crippen molar-refractivity contribution in [3.8, 4) is 5.75 Å². The monoisotopic (exact) mass is 334 g/mol. The van der Waals surface area contributed by atoms with Gasteiger partial charge in [-0.1, -0.05) is 12.1 Å². The lowest BCUT2D eigenvalue weighted by Gasteiger charge is -2.14. The number of rotatable bonds is 7. The van der Waals surface area contributed by atoms with Crippen LogP contribution in [0.3, 0.4) is 0 Å². The van der Waals surface area contributed by atoms with Gasteiger partial charge in [0, 0.05) is 13.1 Å². The largest absolute Gasteiger partial charge is 0.491 e. The minimum Gasteiger partial charge on any atom is -0.491 e. The lowest BCUT2D eigenvalue weighted by molar-refractivity contribution is 0.173. The quantitative estimate of drug-likeness (QED) is 0.729. The van der Waals surface area contributed by atoms with E-state index >= 15 is 0 Å². The van der Waals surface area contributed by atoms with Gasteiger partial charge in [0.15, 0.2) is 0 Å². The molecule has 2 amide bonds. The van der Waals surface area contributed by atoms with Crippen LogP contribution in [0.1, 0.15) is 31.1 Å². The summed E-state index contributed by atoms with van der Waals surface area (Å²) in [4.78, 5) is 11.7. The summed E-state index contributed by atoms with van der Waals surface area (Å²) < 4.78 is 5.55. The number of carbonyl (C=O) groups excluding carboxylic acids is 1. The number of thiophene rings is 1. The lowest BCUT2D eigenvalue weighted by Crippen LogP contribution is -2.37. The first-order chi connectivity index (χ1) is 11.0. The molecule has 3 N–H and O–H groups in total. The van der Waals surface area contributed by atoms with Gasteiger partial charge in [-0.15, -0.1) is 0 Å². The Labute approximate surface area is 140 Å². The molecular weight excluding hydrogens is 312 g/mol. The van der Waals surface area contributed by atoms with Gasteiger partial charge in [0.2, 0.25) is 0 Å². The molecule has 0 radical (unpaired) electrons. The highest BCUT2D eigenvalue weighted by molar-refractivity contribution is 7.07. The molecule has 0 aliphatic carbocycles. The molecule has 0 aliphatic rings. The highest BCUT2D eigenvalue weighted by Crippen LogP contribution is 2.18. The van der Waals surface area contributed by atoms with Gasteiger partial charge in [-0.2, -0.15) is 11.3 Å². The van der Waals surface area contributed by atoms with Gasteiger partial charge < -0.3 is 20.5 Å². The number of hydrogen-bond donors (Lipinski definition) is 3. The standard InChI is InChI=1S/C17H22N2O3S/c1-12(2)22-15-5-3-14(4-6-15)16(20)10-19-17(21)18-9-13-7-8-23-11-13/h3-8,11-12,16,20H,9-10H2,1-2H3,(H2,18,19,21). The van der Waals surface area contributed by atoms with Crippen molar-refractivity contribution in [2.24, 2.45) is 0 Å². The van der Waals surface area contributed by atoms with Gasteiger partial charge >= 0.3 is 6.03 Å². The van der Waals surface area contributed by atoms with Crippen LogP contribution < -0.4 is 15.4 Å². The maximum absolute atomic E-state index is 11.7. The molecule has 2 rings (SSSR count). The zero-order valence-corrected chi connectivity index (χ0v) is 14.1. The van der Waals surface area contributed by atoms with Gasteiger partial charge in [-0.05, 0) is 53.9 Å². The van der Waals surface area contributed by atoms with Gasteiger partial charge in [0.05, 0.1) is 12.2 Å². The predicted molar refractivity (Wildman–Crippen MR) is 91.7 cm³/mol. The predicted octanol–water partition coefficient (Wildman–Crippen LogP) is 3.07. The van der Waals surface area contributed by atoms with Crippen LogP contribution in [-0.2, 0) is 6.54 Å². The molecule has 0 aliphatic heterocycles. The van der Waals surface area contributed by atoms with E-state index in [1.54, 1.807) is 23.5 Å². The summed E-state index contributed by atoms with van der Waals surface area (Å²) in [6, 6.07) is 8.89. The van der Waals surface area contributed by atoms with Crippen molar-refractivity contribution >= 4 is 17.4 Å². The number of carbonyl (C=O) groups is 1. The highest BCUT2D eigenvalue weighted by atomic mass is 32.1. The van der Waals surface area contributed by atoms with Crippen molar-refractivity contribution in [2.45, 2.75) is 32.6 Å². The summed E-state index contributed by atoms with van der Waals surface area (Å²) in [5, 5.41) is 19.5. The van der Waals surface area contributed by atoms with Crippen LogP contribution in [0.15, 0.2) is 41.1 Å². The first-order valence-corrected chi connectivity index (χ1v) is 8.46. The Morgan fingerprint density at radius 1 is 1.22 bits per heavy atom. The molecule has 0 saturated carbocycles. The molecule has 1 atom stereocenters. The Kier molecular flexibility index (Phi) is 6.43. The summed E-state index contributed by atoms with van der Waals surface area (Å²) in [7, 11) is 0. The summed E-state index contributed by atoms with van der Waals surface area (Å²) in [6.45, 7) is 4.55. The smallest absolute Gasteiger partial charge is 0.315 e. The number of aliphatic hydroxyl groups is 1. The number of aliphatic hydroxyl groups excluding tert-OH is 1. The van der Waals surface area contributed by atoms with Crippen LogP contribution in [0.4, 0.5) is 4.79 Å². The molecule has 0 fully saturated rings. The second-order valence-electron chi connectivity index (χ2n) is 5.45. The maximum atomic E-state index is 11.7. The Balaban J connectivity index is 1.75. The van der Waals surface area contributed by atoms with E-state index in [1.165, 1.54) is 0 Å². The minimum absolute atomic E-state index is 0.111. The fourth-order valence-electron chi connectivity index (χ4n) is 1.99. The molecule has 5 nitrogen and oxygen atoms in total. The van der Waals surface area contributed by atoms with Gasteiger partial charge in [-0.3, -0.25) is 0 Å². The third-order valence-corrected chi connectivity index (χ3v) is 3.86. The molecule has 6 heteroatoms. The number of amides is 2. The topological polar surface area (TPSA) is 70.6 Å². The molecule has 1 aromatic carbocycles. The van der Waals surface area contributed by atoms with Crippen molar-refractivity contribution in [1.29, 1.82) is 0 Å². The van der Waals surface area contributed by atoms with Crippen LogP contribution >= 0.6 is 11.3 Å². The van der Waals surface area contributed by atoms with Crippen LogP contribution in [-0.4, -0.2) is 23.8 Å². The van der Waals surface area contributed by atoms with E-state index < -0.39 is 6.10 Å². The summed E-state index contributed by atoms with van der Waals surface area (Å²) in [5.74, 6) is 0.761. The normalized spacial score (nSPS) is 12.0. The second-order valence-corrected chi connectivity index (χ2v) is 6.23. The van der Waals surface area contributed by atoms with Crippen LogP contribution in [0.2, 0.25) is 0 Å². The third-order valence-electron chi connectivity index (χ3n) is 3.13. The SMILES string of the molecule is CC(C)Oc1ccc(C(O)CNC(=O)NCc2ccsc2)cc1. The van der Waals surface area contributed by atoms with E-state index in [0.717, 1.165) is 16.9 Å². The second kappa shape index (κ2) is 8.55. The van der Waals surface area contributed by atoms with Crippen molar-refractivity contribution in [1.82, 2.24) is 10.6 Å². The van der Waals surface area contributed by atoms with Crippen molar-refractivity contribution in [3.05, 3.63) is 52.2 Å². The first-order valence-electron chi connectivity index (χ1n) is 7.52. The number of nitrogens with one attached hydrogen (secondary N) is 2. The van der Waals surface area contributed by atoms with Gasteiger partial charge in [0.1, 0.15) is 5.75 Å². The van der Waals surface area contributed by atoms with E-state index in [1.807, 2.05) is 42.8 Å². The fraction of sp³-hybridized carbons (Fsp3) is 0.353. The molecule has 0 bridgehead atoms. The van der Waals surface area contributed by atoms with Crippen LogP contribution in [0.25, 0.3) is 0 Å². The molecule has 1 unspecified atom stereocenters. The molecule has 124 valence electrons. The Bertz CT molecular complexity index is 597. The van der Waals surface area contributed by atoms with Crippen LogP contribution in [0, 0.1) is 0 Å². The third kappa shape index (κ3) is 5.92. The summed E-state index contributed by atoms with van der Waals surface area (Å²) >= 11 is 1.59. The fourth-order valence-corrected chi connectivity index (χ4v) is 2.65. The molecule has 2 aromatic rings. The zero-order chi connectivity index (χ0) is 16.7. The van der Waals surface area contributed by atoms with E-state index in [0.29, 0.717) is 6.54 Å². The Morgan fingerprint density at radius 3 is 2.57 bits per heavy atom. The van der Waals surface area contributed by atoms with Crippen molar-refractivity contribution < 1.29 is 14.6 Å². The molecule has 1 heterocycles. The molecule has 0 saturated heterocycles. The van der Waals surface area contributed by atoms with E-state index in [4.69, 9.17) is 4.74 Å². The number of ether oxygens (including phenoxy) is 1. The average Bonchev–Trinajstić information content (AvgIpc) is 3.04. The Morgan fingerprint density at radius 2 is 1.96 bits per heavy atom. The summed E-state index contributed by atoms with van der Waals surface area (Å²) in [5.41, 5.74) is 1.80.